The first-order chi connectivity index (χ1) is 14.2. The molecule has 2 aromatic heterocycles. The van der Waals surface area contributed by atoms with E-state index in [4.69, 9.17) is 4.42 Å². The SMILES string of the molecule is Cc1c(CNCC(c2ccco2)N2CCCCC2)c(=O)n(-c2ccccc2)n1C. The van der Waals surface area contributed by atoms with Crippen molar-refractivity contribution in [3.63, 3.8) is 0 Å². The monoisotopic (exact) mass is 394 g/mol. The molecule has 3 heterocycles. The van der Waals surface area contributed by atoms with Gasteiger partial charge in [-0.25, -0.2) is 4.68 Å². The largest absolute Gasteiger partial charge is 0.468 e. The number of nitrogens with one attached hydrogen (secondary N) is 1. The van der Waals surface area contributed by atoms with Crippen LogP contribution in [-0.2, 0) is 13.6 Å². The molecule has 1 aliphatic heterocycles. The van der Waals surface area contributed by atoms with Crippen molar-refractivity contribution < 1.29 is 4.42 Å². The van der Waals surface area contributed by atoms with Gasteiger partial charge in [0.25, 0.3) is 5.56 Å². The van der Waals surface area contributed by atoms with Crippen LogP contribution in [0.3, 0.4) is 0 Å². The summed E-state index contributed by atoms with van der Waals surface area (Å²) >= 11 is 0. The molecule has 4 rings (SSSR count). The van der Waals surface area contributed by atoms with Gasteiger partial charge in [0.05, 0.1) is 23.6 Å². The lowest BCUT2D eigenvalue weighted by Gasteiger charge is -2.33. The van der Waals surface area contributed by atoms with E-state index in [9.17, 15) is 4.79 Å². The summed E-state index contributed by atoms with van der Waals surface area (Å²) in [7, 11) is 1.94. The molecule has 1 fully saturated rings. The maximum atomic E-state index is 13.1. The van der Waals surface area contributed by atoms with Crippen LogP contribution >= 0.6 is 0 Å². The molecule has 1 N–H and O–H groups in total. The van der Waals surface area contributed by atoms with Gasteiger partial charge in [0, 0.05) is 25.8 Å². The Balaban J connectivity index is 1.50. The summed E-state index contributed by atoms with van der Waals surface area (Å²) in [6.07, 6.45) is 5.51. The van der Waals surface area contributed by atoms with Crippen LogP contribution in [0.5, 0.6) is 0 Å². The van der Waals surface area contributed by atoms with Gasteiger partial charge in [0.2, 0.25) is 0 Å². The summed E-state index contributed by atoms with van der Waals surface area (Å²) in [5, 5.41) is 3.53. The number of piperidine rings is 1. The predicted molar refractivity (Wildman–Crippen MR) is 114 cm³/mol. The van der Waals surface area contributed by atoms with Gasteiger partial charge in [0.15, 0.2) is 0 Å². The molecular formula is C23H30N4O2. The number of benzene rings is 1. The number of likely N-dealkylation sites (tertiary alicyclic amines) is 1. The molecule has 0 saturated carbocycles. The van der Waals surface area contributed by atoms with E-state index in [0.717, 1.165) is 42.3 Å². The zero-order chi connectivity index (χ0) is 20.2. The summed E-state index contributed by atoms with van der Waals surface area (Å²) in [5.74, 6) is 0.992. The minimum Gasteiger partial charge on any atom is -0.468 e. The normalized spacial score (nSPS) is 16.2. The van der Waals surface area contributed by atoms with Crippen molar-refractivity contribution >= 4 is 0 Å². The Hall–Kier alpha value is -2.57. The molecule has 1 aromatic carbocycles. The highest BCUT2D eigenvalue weighted by atomic mass is 16.3. The van der Waals surface area contributed by atoms with Gasteiger partial charge >= 0.3 is 0 Å². The van der Waals surface area contributed by atoms with Crippen LogP contribution in [0.4, 0.5) is 0 Å². The van der Waals surface area contributed by atoms with Gasteiger partial charge in [-0.2, -0.15) is 0 Å². The van der Waals surface area contributed by atoms with E-state index < -0.39 is 0 Å². The first-order valence-electron chi connectivity index (χ1n) is 10.5. The van der Waals surface area contributed by atoms with Crippen molar-refractivity contribution in [1.29, 1.82) is 0 Å². The van der Waals surface area contributed by atoms with Gasteiger partial charge in [-0.1, -0.05) is 24.6 Å². The first-order valence-corrected chi connectivity index (χ1v) is 10.5. The first kappa shape index (κ1) is 19.7. The number of hydrogen-bond acceptors (Lipinski definition) is 4. The zero-order valence-electron chi connectivity index (χ0n) is 17.3. The molecule has 0 spiro atoms. The van der Waals surface area contributed by atoms with Crippen LogP contribution < -0.4 is 10.9 Å². The molecule has 3 aromatic rings. The van der Waals surface area contributed by atoms with Crippen LogP contribution in [0.25, 0.3) is 5.69 Å². The third kappa shape index (κ3) is 4.09. The smallest absolute Gasteiger partial charge is 0.276 e. The highest BCUT2D eigenvalue weighted by Gasteiger charge is 2.24. The van der Waals surface area contributed by atoms with Crippen molar-refractivity contribution in [2.75, 3.05) is 19.6 Å². The van der Waals surface area contributed by atoms with E-state index >= 15 is 0 Å². The van der Waals surface area contributed by atoms with Gasteiger partial charge in [-0.15, -0.1) is 0 Å². The Morgan fingerprint density at radius 1 is 1.07 bits per heavy atom. The lowest BCUT2D eigenvalue weighted by atomic mass is 10.1. The summed E-state index contributed by atoms with van der Waals surface area (Å²) in [6, 6.07) is 14.0. The highest BCUT2D eigenvalue weighted by molar-refractivity contribution is 5.33. The molecule has 0 bridgehead atoms. The van der Waals surface area contributed by atoms with E-state index in [0.29, 0.717) is 6.54 Å². The third-order valence-corrected chi connectivity index (χ3v) is 6.02. The molecule has 0 aliphatic carbocycles. The van der Waals surface area contributed by atoms with E-state index in [1.807, 2.05) is 55.1 Å². The summed E-state index contributed by atoms with van der Waals surface area (Å²) in [6.45, 7) is 5.50. The molecule has 1 atom stereocenters. The van der Waals surface area contributed by atoms with Crippen LogP contribution in [0, 0.1) is 6.92 Å². The van der Waals surface area contributed by atoms with E-state index in [1.54, 1.807) is 10.9 Å². The Morgan fingerprint density at radius 2 is 1.83 bits per heavy atom. The molecule has 1 unspecified atom stereocenters. The fourth-order valence-corrected chi connectivity index (χ4v) is 4.28. The fraction of sp³-hybridized carbons (Fsp3) is 0.435. The molecule has 0 amide bonds. The summed E-state index contributed by atoms with van der Waals surface area (Å²) < 4.78 is 9.40. The molecule has 154 valence electrons. The van der Waals surface area contributed by atoms with E-state index in [1.165, 1.54) is 19.3 Å². The lowest BCUT2D eigenvalue weighted by Crippen LogP contribution is -2.39. The number of nitrogens with zero attached hydrogens (tertiary/aromatic N) is 3. The summed E-state index contributed by atoms with van der Waals surface area (Å²) in [4.78, 5) is 15.6. The van der Waals surface area contributed by atoms with Crippen LogP contribution in [0.1, 0.15) is 42.3 Å². The molecule has 0 radical (unpaired) electrons. The van der Waals surface area contributed by atoms with Crippen LogP contribution in [0.2, 0.25) is 0 Å². The predicted octanol–water partition coefficient (Wildman–Crippen LogP) is 3.39. The quantitative estimate of drug-likeness (QED) is 0.667. The number of hydrogen-bond donors (Lipinski definition) is 1. The Morgan fingerprint density at radius 3 is 2.52 bits per heavy atom. The van der Waals surface area contributed by atoms with Gasteiger partial charge in [-0.3, -0.25) is 14.4 Å². The van der Waals surface area contributed by atoms with Gasteiger partial charge in [0.1, 0.15) is 5.76 Å². The van der Waals surface area contributed by atoms with Crippen molar-refractivity contribution in [2.24, 2.45) is 7.05 Å². The minimum absolute atomic E-state index is 0.0382. The third-order valence-electron chi connectivity index (χ3n) is 6.02. The fourth-order valence-electron chi connectivity index (χ4n) is 4.28. The van der Waals surface area contributed by atoms with E-state index in [2.05, 4.69) is 16.3 Å². The highest BCUT2D eigenvalue weighted by Crippen LogP contribution is 2.24. The average Bonchev–Trinajstić information content (AvgIpc) is 3.35. The zero-order valence-corrected chi connectivity index (χ0v) is 17.3. The molecule has 1 saturated heterocycles. The van der Waals surface area contributed by atoms with E-state index in [-0.39, 0.29) is 11.6 Å². The second-order valence-electron chi connectivity index (χ2n) is 7.80. The molecule has 1 aliphatic rings. The van der Waals surface area contributed by atoms with Gasteiger partial charge in [-0.05, 0) is 57.1 Å². The summed E-state index contributed by atoms with van der Waals surface area (Å²) in [5.41, 5.74) is 2.72. The van der Waals surface area contributed by atoms with Crippen LogP contribution in [0.15, 0.2) is 57.9 Å². The van der Waals surface area contributed by atoms with Gasteiger partial charge < -0.3 is 9.73 Å². The van der Waals surface area contributed by atoms with Crippen LogP contribution in [-0.4, -0.2) is 33.9 Å². The van der Waals surface area contributed by atoms with Crippen molar-refractivity contribution in [1.82, 2.24) is 19.6 Å². The maximum absolute atomic E-state index is 13.1. The molecular weight excluding hydrogens is 364 g/mol. The second kappa shape index (κ2) is 8.84. The lowest BCUT2D eigenvalue weighted by molar-refractivity contribution is 0.142. The maximum Gasteiger partial charge on any atom is 0.276 e. The van der Waals surface area contributed by atoms with Crippen molar-refractivity contribution in [2.45, 2.75) is 38.8 Å². The number of para-hydroxylation sites is 1. The molecule has 6 heteroatoms. The topological polar surface area (TPSA) is 55.3 Å². The number of aromatic nitrogens is 2. The minimum atomic E-state index is 0.0382. The van der Waals surface area contributed by atoms with Crippen molar-refractivity contribution in [3.05, 3.63) is 76.1 Å². The molecule has 6 nitrogen and oxygen atoms in total. The Labute approximate surface area is 171 Å². The number of furan rings is 1. The molecule has 29 heavy (non-hydrogen) atoms. The van der Waals surface area contributed by atoms with Crippen molar-refractivity contribution in [3.8, 4) is 5.69 Å². The average molecular weight is 395 g/mol. The Bertz CT molecular complexity index is 966. The second-order valence-corrected chi connectivity index (χ2v) is 7.80. The number of rotatable bonds is 7. The standard InChI is InChI=1S/C23H30N4O2/c1-18-20(23(28)27(25(18)2)19-10-5-3-6-11-19)16-24-17-21(22-12-9-15-29-22)26-13-7-4-8-14-26/h3,5-6,9-12,15,21,24H,4,7-8,13-14,16-17H2,1-2H3. The Kier molecular flexibility index (Phi) is 6.02.